The number of rotatable bonds is 3. The number of ketones is 1. The Hall–Kier alpha value is -2.16. The van der Waals surface area contributed by atoms with Crippen LogP contribution in [0.3, 0.4) is 0 Å². The molecule has 92 valence electrons. The van der Waals surface area contributed by atoms with Crippen LogP contribution in [0.2, 0.25) is 0 Å². The predicted molar refractivity (Wildman–Crippen MR) is 70.0 cm³/mol. The first-order chi connectivity index (χ1) is 8.56. The van der Waals surface area contributed by atoms with Gasteiger partial charge in [-0.25, -0.2) is 4.39 Å². The summed E-state index contributed by atoms with van der Waals surface area (Å²) in [5, 5.41) is 0. The Morgan fingerprint density at radius 2 is 2.00 bits per heavy atom. The zero-order valence-electron chi connectivity index (χ0n) is 10.1. The standard InChI is InChI=1S/C15H14FNO/c1-10-5-6-12(9-14(10)16)15(18)8-11-3-2-4-13(17)7-11/h2-7,9H,8,17H2,1H3. The summed E-state index contributed by atoms with van der Waals surface area (Å²) in [6.07, 6.45) is 0.230. The maximum absolute atomic E-state index is 13.4. The van der Waals surface area contributed by atoms with Gasteiger partial charge in [-0.2, -0.15) is 0 Å². The fourth-order valence-corrected chi connectivity index (χ4v) is 1.76. The summed E-state index contributed by atoms with van der Waals surface area (Å²) in [6.45, 7) is 1.67. The number of carbonyl (C=O) groups is 1. The van der Waals surface area contributed by atoms with Crippen LogP contribution in [0.15, 0.2) is 42.5 Å². The van der Waals surface area contributed by atoms with Crippen LogP contribution in [0.25, 0.3) is 0 Å². The summed E-state index contributed by atoms with van der Waals surface area (Å²) >= 11 is 0. The average Bonchev–Trinajstić information content (AvgIpc) is 2.32. The highest BCUT2D eigenvalue weighted by molar-refractivity contribution is 5.97. The number of aryl methyl sites for hydroxylation is 1. The van der Waals surface area contributed by atoms with Gasteiger partial charge in [-0.1, -0.05) is 24.3 Å². The molecule has 0 spiro atoms. The van der Waals surface area contributed by atoms with Gasteiger partial charge in [0.25, 0.3) is 0 Å². The first-order valence-corrected chi connectivity index (χ1v) is 5.70. The van der Waals surface area contributed by atoms with Crippen LogP contribution < -0.4 is 5.73 Å². The van der Waals surface area contributed by atoms with Crippen LogP contribution in [-0.4, -0.2) is 5.78 Å². The topological polar surface area (TPSA) is 43.1 Å². The highest BCUT2D eigenvalue weighted by Gasteiger charge is 2.09. The van der Waals surface area contributed by atoms with Gasteiger partial charge in [0.1, 0.15) is 5.82 Å². The molecule has 2 aromatic rings. The first-order valence-electron chi connectivity index (χ1n) is 5.70. The predicted octanol–water partition coefficient (Wildman–Crippen LogP) is 3.14. The molecular weight excluding hydrogens is 229 g/mol. The molecule has 0 aliphatic heterocycles. The summed E-state index contributed by atoms with van der Waals surface area (Å²) in [4.78, 5) is 12.0. The number of hydrogen-bond acceptors (Lipinski definition) is 2. The van der Waals surface area contributed by atoms with Crippen LogP contribution >= 0.6 is 0 Å². The summed E-state index contributed by atoms with van der Waals surface area (Å²) < 4.78 is 13.4. The van der Waals surface area contributed by atoms with Crippen molar-refractivity contribution < 1.29 is 9.18 Å². The molecule has 0 bridgehead atoms. The lowest BCUT2D eigenvalue weighted by Crippen LogP contribution is -2.04. The summed E-state index contributed by atoms with van der Waals surface area (Å²) in [6, 6.07) is 11.7. The second-order valence-corrected chi connectivity index (χ2v) is 4.31. The molecule has 18 heavy (non-hydrogen) atoms. The number of nitrogen functional groups attached to an aromatic ring is 1. The Morgan fingerprint density at radius 1 is 1.22 bits per heavy atom. The number of benzene rings is 2. The smallest absolute Gasteiger partial charge is 0.167 e. The second-order valence-electron chi connectivity index (χ2n) is 4.31. The zero-order chi connectivity index (χ0) is 13.1. The molecule has 2 N–H and O–H groups in total. The van der Waals surface area contributed by atoms with Crippen LogP contribution in [0.1, 0.15) is 21.5 Å². The molecule has 0 unspecified atom stereocenters. The van der Waals surface area contributed by atoms with E-state index in [9.17, 15) is 9.18 Å². The van der Waals surface area contributed by atoms with Gasteiger partial charge in [-0.3, -0.25) is 4.79 Å². The molecule has 0 saturated heterocycles. The number of nitrogens with two attached hydrogens (primary N) is 1. The Labute approximate surface area is 105 Å². The Bertz CT molecular complexity index is 593. The molecule has 2 aromatic carbocycles. The number of Topliss-reactive ketones (excluding diaryl/α,β-unsaturated/α-hetero) is 1. The Morgan fingerprint density at radius 3 is 2.67 bits per heavy atom. The molecule has 0 amide bonds. The maximum atomic E-state index is 13.4. The molecule has 2 nitrogen and oxygen atoms in total. The summed E-state index contributed by atoms with van der Waals surface area (Å²) in [5.74, 6) is -0.465. The van der Waals surface area contributed by atoms with E-state index in [1.807, 2.05) is 6.07 Å². The van der Waals surface area contributed by atoms with Crippen molar-refractivity contribution in [2.45, 2.75) is 13.3 Å². The van der Waals surface area contributed by atoms with E-state index in [1.54, 1.807) is 37.3 Å². The minimum atomic E-state index is -0.353. The monoisotopic (exact) mass is 243 g/mol. The van der Waals surface area contributed by atoms with E-state index < -0.39 is 0 Å². The van der Waals surface area contributed by atoms with Gasteiger partial charge in [0.2, 0.25) is 0 Å². The largest absolute Gasteiger partial charge is 0.399 e. The van der Waals surface area contributed by atoms with Crippen molar-refractivity contribution in [2.24, 2.45) is 0 Å². The van der Waals surface area contributed by atoms with Gasteiger partial charge in [-0.05, 0) is 36.2 Å². The highest BCUT2D eigenvalue weighted by atomic mass is 19.1. The first kappa shape index (κ1) is 12.3. The molecule has 0 aromatic heterocycles. The van der Waals surface area contributed by atoms with E-state index in [1.165, 1.54) is 6.07 Å². The zero-order valence-corrected chi connectivity index (χ0v) is 10.1. The SMILES string of the molecule is Cc1ccc(C(=O)Cc2cccc(N)c2)cc1F. The minimum Gasteiger partial charge on any atom is -0.399 e. The lowest BCUT2D eigenvalue weighted by molar-refractivity contribution is 0.0992. The van der Waals surface area contributed by atoms with E-state index in [2.05, 4.69) is 0 Å². The number of carbonyl (C=O) groups excluding carboxylic acids is 1. The molecule has 0 fully saturated rings. The quantitative estimate of drug-likeness (QED) is 0.664. The van der Waals surface area contributed by atoms with Gasteiger partial charge in [-0.15, -0.1) is 0 Å². The van der Waals surface area contributed by atoms with E-state index in [0.29, 0.717) is 16.8 Å². The van der Waals surface area contributed by atoms with Crippen LogP contribution in [-0.2, 0) is 6.42 Å². The lowest BCUT2D eigenvalue weighted by atomic mass is 10.0. The van der Waals surface area contributed by atoms with Gasteiger partial charge in [0, 0.05) is 17.7 Å². The molecule has 0 atom stereocenters. The van der Waals surface area contributed by atoms with E-state index >= 15 is 0 Å². The molecule has 2 rings (SSSR count). The van der Waals surface area contributed by atoms with E-state index in [0.717, 1.165) is 5.56 Å². The Kier molecular flexibility index (Phi) is 3.42. The Balaban J connectivity index is 2.19. The highest BCUT2D eigenvalue weighted by Crippen LogP contribution is 2.13. The van der Waals surface area contributed by atoms with Crippen molar-refractivity contribution in [1.82, 2.24) is 0 Å². The minimum absolute atomic E-state index is 0.112. The molecule has 3 heteroatoms. The van der Waals surface area contributed by atoms with Gasteiger partial charge in [0.05, 0.1) is 0 Å². The van der Waals surface area contributed by atoms with Crippen molar-refractivity contribution in [3.8, 4) is 0 Å². The molecule has 0 heterocycles. The fraction of sp³-hybridized carbons (Fsp3) is 0.133. The van der Waals surface area contributed by atoms with Crippen molar-refractivity contribution in [1.29, 1.82) is 0 Å². The number of hydrogen-bond donors (Lipinski definition) is 1. The fourth-order valence-electron chi connectivity index (χ4n) is 1.76. The van der Waals surface area contributed by atoms with Gasteiger partial charge < -0.3 is 5.73 Å². The molecule has 0 aliphatic carbocycles. The maximum Gasteiger partial charge on any atom is 0.167 e. The second kappa shape index (κ2) is 5.00. The molecular formula is C15H14FNO. The summed E-state index contributed by atoms with van der Waals surface area (Å²) in [5.41, 5.74) is 8.03. The van der Waals surface area contributed by atoms with E-state index in [-0.39, 0.29) is 18.0 Å². The summed E-state index contributed by atoms with van der Waals surface area (Å²) in [7, 11) is 0. The number of halogens is 1. The normalized spacial score (nSPS) is 10.3. The molecule has 0 radical (unpaired) electrons. The van der Waals surface area contributed by atoms with Gasteiger partial charge >= 0.3 is 0 Å². The van der Waals surface area contributed by atoms with Crippen LogP contribution in [0.5, 0.6) is 0 Å². The number of anilines is 1. The van der Waals surface area contributed by atoms with Gasteiger partial charge in [0.15, 0.2) is 5.78 Å². The lowest BCUT2D eigenvalue weighted by Gasteiger charge is -2.04. The third kappa shape index (κ3) is 2.74. The third-order valence-corrected chi connectivity index (χ3v) is 2.81. The third-order valence-electron chi connectivity index (χ3n) is 2.81. The van der Waals surface area contributed by atoms with Crippen LogP contribution in [0.4, 0.5) is 10.1 Å². The molecule has 0 aliphatic rings. The van der Waals surface area contributed by atoms with E-state index in [4.69, 9.17) is 5.73 Å². The van der Waals surface area contributed by atoms with Crippen molar-refractivity contribution in [2.75, 3.05) is 5.73 Å². The van der Waals surface area contributed by atoms with Crippen LogP contribution in [0, 0.1) is 12.7 Å². The van der Waals surface area contributed by atoms with Crippen molar-refractivity contribution in [3.05, 3.63) is 65.0 Å². The van der Waals surface area contributed by atoms with Crippen molar-refractivity contribution >= 4 is 11.5 Å². The molecule has 0 saturated carbocycles. The average molecular weight is 243 g/mol. The van der Waals surface area contributed by atoms with Crippen molar-refractivity contribution in [3.63, 3.8) is 0 Å².